The van der Waals surface area contributed by atoms with Crippen LogP contribution in [-0.2, 0) is 6.18 Å². The first-order valence-corrected chi connectivity index (χ1v) is 9.02. The molecule has 2 N–H and O–H groups in total. The Balaban J connectivity index is 2.11. The van der Waals surface area contributed by atoms with E-state index >= 15 is 0 Å². The minimum Gasteiger partial charge on any atom is -0.410 e. The Morgan fingerprint density at radius 1 is 1.29 bits per heavy atom. The molecule has 1 heterocycles. The minimum absolute atomic E-state index is 0.0192. The molecule has 1 unspecified atom stereocenters. The number of benzene rings is 2. The second-order valence-electron chi connectivity index (χ2n) is 6.37. The Hall–Kier alpha value is -3.25. The molecule has 3 aromatic rings. The molecule has 1 aromatic heterocycles. The van der Waals surface area contributed by atoms with E-state index in [9.17, 15) is 22.4 Å². The number of alkyl halides is 3. The summed E-state index contributed by atoms with van der Waals surface area (Å²) < 4.78 is 58.7. The fraction of sp³-hybridized carbons (Fsp3) is 0.222. The van der Waals surface area contributed by atoms with E-state index in [2.05, 4.69) is 20.8 Å². The lowest BCUT2D eigenvalue weighted by molar-refractivity contribution is -0.146. The number of rotatable bonds is 5. The molecule has 13 heteroatoms. The standard InChI is InChI=1S/C18H14ClF4N5O3/c1-9(8-29)24-17(30)31-13-5-10(14-3-2-11(20)6-15(14)19)4-12(7-13)28-16(18(21,22)23)25-26-27-28/h2-7,9,29H,8H2,1H3,(H,24,30). The van der Waals surface area contributed by atoms with Gasteiger partial charge < -0.3 is 15.2 Å². The summed E-state index contributed by atoms with van der Waals surface area (Å²) in [5.41, 5.74) is 0.290. The highest BCUT2D eigenvalue weighted by Gasteiger charge is 2.38. The third-order valence-electron chi connectivity index (χ3n) is 3.95. The molecule has 0 saturated heterocycles. The molecule has 164 valence electrons. The molecule has 0 aliphatic rings. The number of aromatic nitrogens is 4. The van der Waals surface area contributed by atoms with Crippen molar-refractivity contribution < 1.29 is 32.2 Å². The number of nitrogens with one attached hydrogen (secondary N) is 1. The van der Waals surface area contributed by atoms with Crippen LogP contribution in [0.1, 0.15) is 12.7 Å². The van der Waals surface area contributed by atoms with Crippen LogP contribution in [0.4, 0.5) is 22.4 Å². The van der Waals surface area contributed by atoms with Gasteiger partial charge in [0.2, 0.25) is 0 Å². The summed E-state index contributed by atoms with van der Waals surface area (Å²) in [6, 6.07) is 6.53. The number of tetrazole rings is 1. The first-order chi connectivity index (χ1) is 14.6. The number of halogens is 5. The second-order valence-corrected chi connectivity index (χ2v) is 6.78. The average Bonchev–Trinajstić information content (AvgIpc) is 3.18. The smallest absolute Gasteiger partial charge is 0.410 e. The largest absolute Gasteiger partial charge is 0.453 e. The molecule has 0 radical (unpaired) electrons. The maximum atomic E-state index is 13.4. The Bertz CT molecular complexity index is 1110. The second kappa shape index (κ2) is 8.86. The van der Waals surface area contributed by atoms with Crippen LogP contribution in [0, 0.1) is 5.82 Å². The first-order valence-electron chi connectivity index (χ1n) is 8.64. The van der Waals surface area contributed by atoms with Crippen LogP contribution in [0.15, 0.2) is 36.4 Å². The van der Waals surface area contributed by atoms with Crippen molar-refractivity contribution in [2.45, 2.75) is 19.1 Å². The van der Waals surface area contributed by atoms with Gasteiger partial charge in [-0.2, -0.15) is 17.9 Å². The van der Waals surface area contributed by atoms with Gasteiger partial charge in [-0.05, 0) is 53.2 Å². The zero-order chi connectivity index (χ0) is 22.8. The minimum atomic E-state index is -4.86. The van der Waals surface area contributed by atoms with Crippen LogP contribution in [0.25, 0.3) is 16.8 Å². The molecule has 0 fully saturated rings. The van der Waals surface area contributed by atoms with E-state index in [1.54, 1.807) is 0 Å². The molecular formula is C18H14ClF4N5O3. The fourth-order valence-electron chi connectivity index (χ4n) is 2.56. The van der Waals surface area contributed by atoms with Crippen molar-refractivity contribution in [3.63, 3.8) is 0 Å². The predicted molar refractivity (Wildman–Crippen MR) is 100 cm³/mol. The van der Waals surface area contributed by atoms with Gasteiger partial charge in [-0.15, -0.1) is 5.10 Å². The van der Waals surface area contributed by atoms with Crippen LogP contribution < -0.4 is 10.1 Å². The van der Waals surface area contributed by atoms with E-state index in [0.717, 1.165) is 18.2 Å². The van der Waals surface area contributed by atoms with Crippen LogP contribution in [0.5, 0.6) is 5.75 Å². The highest BCUT2D eigenvalue weighted by molar-refractivity contribution is 6.33. The molecular weight excluding hydrogens is 446 g/mol. The molecule has 31 heavy (non-hydrogen) atoms. The van der Waals surface area contributed by atoms with Crippen LogP contribution in [0.3, 0.4) is 0 Å². The van der Waals surface area contributed by atoms with Crippen molar-refractivity contribution in [2.75, 3.05) is 6.61 Å². The molecule has 8 nitrogen and oxygen atoms in total. The number of ether oxygens (including phenoxy) is 1. The lowest BCUT2D eigenvalue weighted by atomic mass is 10.0. The van der Waals surface area contributed by atoms with Gasteiger partial charge in [-0.3, -0.25) is 0 Å². The molecule has 0 spiro atoms. The number of carbonyl (C=O) groups excluding carboxylic acids is 1. The highest BCUT2D eigenvalue weighted by atomic mass is 35.5. The molecule has 0 aliphatic heterocycles. The lowest BCUT2D eigenvalue weighted by Gasteiger charge is -2.14. The summed E-state index contributed by atoms with van der Waals surface area (Å²) in [6.07, 6.45) is -5.82. The summed E-state index contributed by atoms with van der Waals surface area (Å²) in [5, 5.41) is 20.7. The summed E-state index contributed by atoms with van der Waals surface area (Å²) >= 11 is 6.08. The summed E-state index contributed by atoms with van der Waals surface area (Å²) in [6.45, 7) is 1.16. The van der Waals surface area contributed by atoms with Crippen LogP contribution >= 0.6 is 11.6 Å². The number of amides is 1. The number of hydrogen-bond donors (Lipinski definition) is 2. The Kier molecular flexibility index (Phi) is 6.41. The third kappa shape index (κ3) is 5.27. The zero-order valence-electron chi connectivity index (χ0n) is 15.7. The van der Waals surface area contributed by atoms with Gasteiger partial charge in [0.25, 0.3) is 5.82 Å². The van der Waals surface area contributed by atoms with Gasteiger partial charge in [0.15, 0.2) is 0 Å². The zero-order valence-corrected chi connectivity index (χ0v) is 16.4. The van der Waals surface area contributed by atoms with Crippen molar-refractivity contribution in [1.29, 1.82) is 0 Å². The molecule has 1 atom stereocenters. The third-order valence-corrected chi connectivity index (χ3v) is 4.26. The first kappa shape index (κ1) is 22.4. The number of carbonyl (C=O) groups is 1. The topological polar surface area (TPSA) is 102 Å². The van der Waals surface area contributed by atoms with Gasteiger partial charge in [0.05, 0.1) is 23.4 Å². The van der Waals surface area contributed by atoms with Crippen molar-refractivity contribution >= 4 is 17.7 Å². The van der Waals surface area contributed by atoms with Gasteiger partial charge >= 0.3 is 12.3 Å². The summed E-state index contributed by atoms with van der Waals surface area (Å²) in [4.78, 5) is 12.0. The lowest BCUT2D eigenvalue weighted by Crippen LogP contribution is -2.37. The Labute approximate surface area is 177 Å². The van der Waals surface area contributed by atoms with Gasteiger partial charge in [-0.1, -0.05) is 11.6 Å². The van der Waals surface area contributed by atoms with Crippen molar-refractivity contribution in [3.8, 4) is 22.6 Å². The van der Waals surface area contributed by atoms with Crippen LogP contribution in [0.2, 0.25) is 5.02 Å². The quantitative estimate of drug-likeness (QED) is 0.565. The number of aliphatic hydroxyl groups is 1. The van der Waals surface area contributed by atoms with E-state index in [1.165, 1.54) is 25.1 Å². The van der Waals surface area contributed by atoms with E-state index < -0.39 is 30.0 Å². The molecule has 2 aromatic carbocycles. The van der Waals surface area contributed by atoms with Crippen molar-refractivity contribution in [2.24, 2.45) is 0 Å². The number of aliphatic hydroxyl groups excluding tert-OH is 1. The van der Waals surface area contributed by atoms with Gasteiger partial charge in [-0.25, -0.2) is 9.18 Å². The molecule has 0 aliphatic carbocycles. The fourth-order valence-corrected chi connectivity index (χ4v) is 2.84. The number of hydrogen-bond acceptors (Lipinski definition) is 6. The van der Waals surface area contributed by atoms with Gasteiger partial charge in [0.1, 0.15) is 11.6 Å². The van der Waals surface area contributed by atoms with E-state index in [4.69, 9.17) is 21.4 Å². The Morgan fingerprint density at radius 2 is 2.03 bits per heavy atom. The molecule has 1 amide bonds. The average molecular weight is 460 g/mol. The monoisotopic (exact) mass is 459 g/mol. The SMILES string of the molecule is CC(CO)NC(=O)Oc1cc(-c2ccc(F)cc2Cl)cc(-n2nnnc2C(F)(F)F)c1. The summed E-state index contributed by atoms with van der Waals surface area (Å²) in [5.74, 6) is -2.18. The van der Waals surface area contributed by atoms with Crippen molar-refractivity contribution in [3.05, 3.63) is 53.1 Å². The van der Waals surface area contributed by atoms with Gasteiger partial charge in [0, 0.05) is 11.6 Å². The normalized spacial score (nSPS) is 12.5. The van der Waals surface area contributed by atoms with E-state index in [-0.39, 0.29) is 34.2 Å². The molecule has 0 saturated carbocycles. The molecule has 0 bridgehead atoms. The van der Waals surface area contributed by atoms with E-state index in [1.807, 2.05) is 0 Å². The van der Waals surface area contributed by atoms with Crippen molar-refractivity contribution in [1.82, 2.24) is 25.5 Å². The maximum absolute atomic E-state index is 13.4. The Morgan fingerprint density at radius 3 is 2.68 bits per heavy atom. The highest BCUT2D eigenvalue weighted by Crippen LogP contribution is 2.35. The molecule has 3 rings (SSSR count). The predicted octanol–water partition coefficient (Wildman–Crippen LogP) is 3.61. The number of nitrogens with zero attached hydrogens (tertiary/aromatic N) is 4. The van der Waals surface area contributed by atoms with Crippen LogP contribution in [-0.4, -0.2) is 44.1 Å². The van der Waals surface area contributed by atoms with E-state index in [0.29, 0.717) is 4.68 Å². The maximum Gasteiger partial charge on any atom is 0.453 e. The summed E-state index contributed by atoms with van der Waals surface area (Å²) in [7, 11) is 0.